The van der Waals surface area contributed by atoms with E-state index in [1.807, 2.05) is 0 Å². The molecule has 2 nitrogen and oxygen atoms in total. The van der Waals surface area contributed by atoms with Crippen LogP contribution >= 0.6 is 0 Å². The Kier molecular flexibility index (Phi) is 2.09. The van der Waals surface area contributed by atoms with Gasteiger partial charge in [-0.05, 0) is 6.92 Å². The Morgan fingerprint density at radius 3 is 2.56 bits per heavy atom. The third-order valence-electron chi connectivity index (χ3n) is 2.18. The highest BCUT2D eigenvalue weighted by Crippen LogP contribution is 2.08. The summed E-state index contributed by atoms with van der Waals surface area (Å²) in [7, 11) is 0. The molecule has 3 atom stereocenters. The van der Waals surface area contributed by atoms with Crippen LogP contribution in [0.1, 0.15) is 20.3 Å². The molecule has 0 aromatic carbocycles. The Bertz CT molecular complexity index is 94.9. The van der Waals surface area contributed by atoms with Crippen LogP contribution in [0.4, 0.5) is 0 Å². The van der Waals surface area contributed by atoms with Crippen LogP contribution in [0.2, 0.25) is 0 Å². The van der Waals surface area contributed by atoms with E-state index in [4.69, 9.17) is 0 Å². The third-order valence-corrected chi connectivity index (χ3v) is 2.18. The minimum absolute atomic E-state index is 0.0509. The molecule has 0 amide bonds. The van der Waals surface area contributed by atoms with Crippen LogP contribution in [-0.4, -0.2) is 23.8 Å². The van der Waals surface area contributed by atoms with E-state index in [1.54, 1.807) is 0 Å². The summed E-state index contributed by atoms with van der Waals surface area (Å²) >= 11 is 0. The maximum absolute atomic E-state index is 9.33. The van der Waals surface area contributed by atoms with E-state index in [-0.39, 0.29) is 6.10 Å². The van der Waals surface area contributed by atoms with Gasteiger partial charge in [0.1, 0.15) is 0 Å². The van der Waals surface area contributed by atoms with Crippen LogP contribution in [0.25, 0.3) is 0 Å². The number of aliphatic hydroxyl groups excluding tert-OH is 1. The van der Waals surface area contributed by atoms with Gasteiger partial charge >= 0.3 is 0 Å². The molecule has 0 aliphatic carbocycles. The van der Waals surface area contributed by atoms with Gasteiger partial charge in [0.25, 0.3) is 0 Å². The lowest BCUT2D eigenvalue weighted by atomic mass is 9.94. The Morgan fingerprint density at radius 2 is 2.11 bits per heavy atom. The molecule has 1 rings (SSSR count). The second kappa shape index (κ2) is 2.67. The van der Waals surface area contributed by atoms with Crippen molar-refractivity contribution in [1.82, 2.24) is 0 Å². The molecule has 1 saturated heterocycles. The average Bonchev–Trinajstić information content (AvgIpc) is 1.80. The fraction of sp³-hybridized carbons (Fsp3) is 1.00. The number of hydrogen-bond donors (Lipinski definition) is 2. The van der Waals surface area contributed by atoms with Crippen molar-refractivity contribution in [2.75, 3.05) is 6.54 Å². The van der Waals surface area contributed by atoms with Gasteiger partial charge in [0.15, 0.2) is 0 Å². The molecular weight excluding hydrogens is 114 g/mol. The maximum atomic E-state index is 9.33. The van der Waals surface area contributed by atoms with E-state index >= 15 is 0 Å². The molecule has 0 radical (unpaired) electrons. The Labute approximate surface area is 56.3 Å². The minimum Gasteiger partial charge on any atom is -0.392 e. The molecule has 1 aliphatic heterocycles. The largest absolute Gasteiger partial charge is 0.392 e. The van der Waals surface area contributed by atoms with E-state index in [2.05, 4.69) is 19.2 Å². The highest BCUT2D eigenvalue weighted by molar-refractivity contribution is 4.69. The number of rotatable bonds is 0. The topological polar surface area (TPSA) is 36.8 Å². The molecule has 3 N–H and O–H groups in total. The fourth-order valence-electron chi connectivity index (χ4n) is 1.31. The summed E-state index contributed by atoms with van der Waals surface area (Å²) in [4.78, 5) is 0. The zero-order chi connectivity index (χ0) is 6.85. The summed E-state index contributed by atoms with van der Waals surface area (Å²) < 4.78 is 0. The van der Waals surface area contributed by atoms with E-state index in [9.17, 15) is 5.11 Å². The minimum atomic E-state index is -0.0509. The fourth-order valence-corrected chi connectivity index (χ4v) is 1.31. The van der Waals surface area contributed by atoms with Gasteiger partial charge in [0, 0.05) is 12.3 Å². The van der Waals surface area contributed by atoms with Crippen molar-refractivity contribution in [2.45, 2.75) is 32.4 Å². The lowest BCUT2D eigenvalue weighted by molar-refractivity contribution is -0.702. The SMILES string of the molecule is C[C@@H]1C[NH2+][C@@H](C)C[C@@H]1O. The highest BCUT2D eigenvalue weighted by Gasteiger charge is 2.25. The van der Waals surface area contributed by atoms with Crippen molar-refractivity contribution in [3.63, 3.8) is 0 Å². The summed E-state index contributed by atoms with van der Waals surface area (Å²) in [5.74, 6) is 0.487. The average molecular weight is 130 g/mol. The Balaban J connectivity index is 2.35. The van der Waals surface area contributed by atoms with Gasteiger partial charge < -0.3 is 10.4 Å². The predicted octanol–water partition coefficient (Wildman–Crippen LogP) is -0.661. The summed E-state index contributed by atoms with van der Waals surface area (Å²) in [6.45, 7) is 5.35. The zero-order valence-electron chi connectivity index (χ0n) is 6.17. The van der Waals surface area contributed by atoms with Crippen molar-refractivity contribution < 1.29 is 10.4 Å². The van der Waals surface area contributed by atoms with Crippen molar-refractivity contribution in [3.05, 3.63) is 0 Å². The number of aliphatic hydroxyl groups is 1. The van der Waals surface area contributed by atoms with Gasteiger partial charge in [-0.25, -0.2) is 0 Å². The molecule has 0 saturated carbocycles. The van der Waals surface area contributed by atoms with E-state index < -0.39 is 0 Å². The Morgan fingerprint density at radius 1 is 1.44 bits per heavy atom. The first-order valence-electron chi connectivity index (χ1n) is 3.71. The number of nitrogens with two attached hydrogens (primary N) is 1. The van der Waals surface area contributed by atoms with Crippen LogP contribution in [0.5, 0.6) is 0 Å². The smallest absolute Gasteiger partial charge is 0.0855 e. The molecule has 0 aromatic heterocycles. The first kappa shape index (κ1) is 7.03. The van der Waals surface area contributed by atoms with Gasteiger partial charge in [-0.1, -0.05) is 6.92 Å². The zero-order valence-corrected chi connectivity index (χ0v) is 6.17. The highest BCUT2D eigenvalue weighted by atomic mass is 16.3. The van der Waals surface area contributed by atoms with Gasteiger partial charge in [0.05, 0.1) is 18.7 Å². The number of piperidine rings is 1. The molecule has 0 spiro atoms. The van der Waals surface area contributed by atoms with Crippen molar-refractivity contribution in [3.8, 4) is 0 Å². The molecule has 54 valence electrons. The standard InChI is InChI=1S/C7H15NO/c1-5-4-8-6(2)3-7(5)9/h5-9H,3-4H2,1-2H3/p+1/t5-,6+,7+/m1/s1. The van der Waals surface area contributed by atoms with E-state index in [0.29, 0.717) is 12.0 Å². The molecule has 0 aromatic rings. The van der Waals surface area contributed by atoms with Gasteiger partial charge in [-0.3, -0.25) is 0 Å². The molecule has 1 heterocycles. The third kappa shape index (κ3) is 1.66. The quantitative estimate of drug-likeness (QED) is 0.449. The maximum Gasteiger partial charge on any atom is 0.0855 e. The summed E-state index contributed by atoms with van der Waals surface area (Å²) in [5.41, 5.74) is 0. The van der Waals surface area contributed by atoms with Crippen LogP contribution < -0.4 is 5.32 Å². The van der Waals surface area contributed by atoms with Crippen molar-refractivity contribution in [2.24, 2.45) is 5.92 Å². The van der Waals surface area contributed by atoms with E-state index in [1.165, 1.54) is 0 Å². The normalized spacial score (nSPS) is 45.0. The molecule has 0 bridgehead atoms. The second-order valence-electron chi connectivity index (χ2n) is 3.23. The lowest BCUT2D eigenvalue weighted by Gasteiger charge is -2.26. The van der Waals surface area contributed by atoms with Crippen LogP contribution in [0.3, 0.4) is 0 Å². The van der Waals surface area contributed by atoms with Crippen LogP contribution in [0.15, 0.2) is 0 Å². The summed E-state index contributed by atoms with van der Waals surface area (Å²) in [6.07, 6.45) is 0.909. The molecule has 2 heteroatoms. The van der Waals surface area contributed by atoms with E-state index in [0.717, 1.165) is 13.0 Å². The molecule has 0 unspecified atom stereocenters. The predicted molar refractivity (Wildman–Crippen MR) is 36.0 cm³/mol. The molecule has 1 fully saturated rings. The lowest BCUT2D eigenvalue weighted by Crippen LogP contribution is -2.93. The molecule has 9 heavy (non-hydrogen) atoms. The summed E-state index contributed by atoms with van der Waals surface area (Å²) in [5, 5.41) is 11.6. The number of hydrogen-bond acceptors (Lipinski definition) is 1. The monoisotopic (exact) mass is 130 g/mol. The Hall–Kier alpha value is -0.0800. The first-order chi connectivity index (χ1) is 4.20. The van der Waals surface area contributed by atoms with Crippen LogP contribution in [0, 0.1) is 5.92 Å². The van der Waals surface area contributed by atoms with Crippen LogP contribution in [-0.2, 0) is 0 Å². The van der Waals surface area contributed by atoms with Crippen molar-refractivity contribution in [1.29, 1.82) is 0 Å². The van der Waals surface area contributed by atoms with Gasteiger partial charge in [-0.15, -0.1) is 0 Å². The number of quaternary nitrogens is 1. The molecular formula is C7H16NO+. The van der Waals surface area contributed by atoms with Crippen molar-refractivity contribution >= 4 is 0 Å². The summed E-state index contributed by atoms with van der Waals surface area (Å²) in [6, 6.07) is 0.621. The molecule has 1 aliphatic rings. The first-order valence-corrected chi connectivity index (χ1v) is 3.71. The van der Waals surface area contributed by atoms with Gasteiger partial charge in [0.2, 0.25) is 0 Å². The van der Waals surface area contributed by atoms with Gasteiger partial charge in [-0.2, -0.15) is 0 Å². The second-order valence-corrected chi connectivity index (χ2v) is 3.23.